The molecular weight excluding hydrogens is 308 g/mol. The van der Waals surface area contributed by atoms with Gasteiger partial charge in [-0.25, -0.2) is 4.98 Å². The average molecular weight is 327 g/mol. The van der Waals surface area contributed by atoms with Gasteiger partial charge in [0.25, 0.3) is 0 Å². The number of pyridine rings is 1. The molecule has 2 N–H and O–H groups in total. The zero-order valence-corrected chi connectivity index (χ0v) is 12.9. The van der Waals surface area contributed by atoms with Crippen LogP contribution in [0.1, 0.15) is 44.8 Å². The Labute approximate surface area is 122 Å². The second-order valence-electron chi connectivity index (χ2n) is 4.38. The molecule has 5 heteroatoms. The van der Waals surface area contributed by atoms with E-state index in [4.69, 9.17) is 10.5 Å². The quantitative estimate of drug-likeness (QED) is 0.638. The van der Waals surface area contributed by atoms with E-state index in [1.165, 1.54) is 6.92 Å². The van der Waals surface area contributed by atoms with Crippen LogP contribution in [0.4, 0.5) is 5.82 Å². The maximum atomic E-state index is 11.3. The third-order valence-corrected chi connectivity index (χ3v) is 3.14. The van der Waals surface area contributed by atoms with Crippen molar-refractivity contribution in [3.63, 3.8) is 0 Å². The van der Waals surface area contributed by atoms with E-state index in [2.05, 4.69) is 34.4 Å². The lowest BCUT2D eigenvalue weighted by Gasteiger charge is -2.21. The van der Waals surface area contributed by atoms with Crippen LogP contribution in [0.5, 0.6) is 0 Å². The van der Waals surface area contributed by atoms with E-state index in [0.717, 1.165) is 29.3 Å². The van der Waals surface area contributed by atoms with Crippen LogP contribution in [0.25, 0.3) is 0 Å². The molecule has 4 nitrogen and oxygen atoms in total. The topological polar surface area (TPSA) is 65.2 Å². The molecule has 0 aliphatic rings. The average Bonchev–Trinajstić information content (AvgIpc) is 2.36. The fourth-order valence-electron chi connectivity index (χ4n) is 1.74. The first kappa shape index (κ1) is 15.7. The van der Waals surface area contributed by atoms with Crippen LogP contribution in [0.15, 0.2) is 28.9 Å². The van der Waals surface area contributed by atoms with Crippen molar-refractivity contribution in [3.8, 4) is 0 Å². The second kappa shape index (κ2) is 7.28. The summed E-state index contributed by atoms with van der Waals surface area (Å²) in [6.45, 7) is 7.49. The summed E-state index contributed by atoms with van der Waals surface area (Å²) in [5, 5.41) is 0. The molecular formula is C14H19BrN2O2. The summed E-state index contributed by atoms with van der Waals surface area (Å²) >= 11 is 3.34. The van der Waals surface area contributed by atoms with Gasteiger partial charge in [0.2, 0.25) is 0 Å². The van der Waals surface area contributed by atoms with E-state index >= 15 is 0 Å². The standard InChI is InChI=1S/C14H19BrN2O2/c1-4-5-6-9(2)13(19-10(3)18)12-7-11(15)8-17-14(12)16/h7-8,13H,2,4-6H2,1,3H3,(H2,16,17). The first-order chi connectivity index (χ1) is 8.95. The Morgan fingerprint density at radius 1 is 1.63 bits per heavy atom. The zero-order valence-electron chi connectivity index (χ0n) is 11.3. The van der Waals surface area contributed by atoms with Crippen molar-refractivity contribution in [2.24, 2.45) is 0 Å². The van der Waals surface area contributed by atoms with Gasteiger partial charge >= 0.3 is 5.97 Å². The number of nitrogens with two attached hydrogens (primary N) is 1. The van der Waals surface area contributed by atoms with Gasteiger partial charge in [-0.2, -0.15) is 0 Å². The van der Waals surface area contributed by atoms with Crippen molar-refractivity contribution in [2.75, 3.05) is 5.73 Å². The first-order valence-electron chi connectivity index (χ1n) is 6.21. The van der Waals surface area contributed by atoms with Crippen molar-refractivity contribution >= 4 is 27.7 Å². The number of aromatic nitrogens is 1. The van der Waals surface area contributed by atoms with Crippen molar-refractivity contribution in [2.45, 2.75) is 39.2 Å². The summed E-state index contributed by atoms with van der Waals surface area (Å²) in [5.41, 5.74) is 7.38. The van der Waals surface area contributed by atoms with Crippen LogP contribution in [-0.2, 0) is 9.53 Å². The fourth-order valence-corrected chi connectivity index (χ4v) is 2.09. The predicted molar refractivity (Wildman–Crippen MR) is 79.5 cm³/mol. The van der Waals surface area contributed by atoms with E-state index in [9.17, 15) is 4.79 Å². The molecule has 1 aromatic rings. The molecule has 19 heavy (non-hydrogen) atoms. The number of carbonyl (C=O) groups excluding carboxylic acids is 1. The molecule has 0 bridgehead atoms. The van der Waals surface area contributed by atoms with E-state index in [0.29, 0.717) is 11.4 Å². The highest BCUT2D eigenvalue weighted by Gasteiger charge is 2.21. The number of hydrogen-bond acceptors (Lipinski definition) is 4. The maximum Gasteiger partial charge on any atom is 0.303 e. The molecule has 0 spiro atoms. The van der Waals surface area contributed by atoms with Crippen LogP contribution < -0.4 is 5.73 Å². The lowest BCUT2D eigenvalue weighted by Crippen LogP contribution is -2.13. The molecule has 0 saturated heterocycles. The summed E-state index contributed by atoms with van der Waals surface area (Å²) in [7, 11) is 0. The molecule has 0 fully saturated rings. The minimum absolute atomic E-state index is 0.354. The van der Waals surface area contributed by atoms with Gasteiger partial charge in [0, 0.05) is 23.2 Å². The van der Waals surface area contributed by atoms with Crippen molar-refractivity contribution in [1.82, 2.24) is 4.98 Å². The van der Waals surface area contributed by atoms with Crippen molar-refractivity contribution in [1.29, 1.82) is 0 Å². The molecule has 1 unspecified atom stereocenters. The highest BCUT2D eigenvalue weighted by molar-refractivity contribution is 9.10. The number of ether oxygens (including phenoxy) is 1. The smallest absolute Gasteiger partial charge is 0.303 e. The number of hydrogen-bond donors (Lipinski definition) is 1. The van der Waals surface area contributed by atoms with Gasteiger partial charge in [0.15, 0.2) is 6.10 Å². The number of nitrogens with zero attached hydrogens (tertiary/aromatic N) is 1. The Kier molecular flexibility index (Phi) is 6.02. The van der Waals surface area contributed by atoms with Gasteiger partial charge in [0.1, 0.15) is 5.82 Å². The van der Waals surface area contributed by atoms with Gasteiger partial charge in [-0.3, -0.25) is 4.79 Å². The van der Waals surface area contributed by atoms with Crippen molar-refractivity contribution in [3.05, 3.63) is 34.5 Å². The number of rotatable bonds is 6. The number of carbonyl (C=O) groups is 1. The van der Waals surface area contributed by atoms with Crippen LogP contribution in [0, 0.1) is 0 Å². The Hall–Kier alpha value is -1.36. The molecule has 0 aromatic carbocycles. The lowest BCUT2D eigenvalue weighted by molar-refractivity contribution is -0.145. The van der Waals surface area contributed by atoms with E-state index in [-0.39, 0.29) is 5.97 Å². The maximum absolute atomic E-state index is 11.3. The molecule has 0 amide bonds. The Bertz CT molecular complexity index is 475. The molecule has 1 rings (SSSR count). The van der Waals surface area contributed by atoms with E-state index in [1.807, 2.05) is 6.07 Å². The summed E-state index contributed by atoms with van der Waals surface area (Å²) in [6, 6.07) is 1.81. The van der Waals surface area contributed by atoms with Crippen LogP contribution in [0.2, 0.25) is 0 Å². The van der Waals surface area contributed by atoms with Gasteiger partial charge in [0.05, 0.1) is 0 Å². The molecule has 1 heterocycles. The predicted octanol–water partition coefficient (Wildman–Crippen LogP) is 3.78. The molecule has 0 saturated carbocycles. The minimum Gasteiger partial charge on any atom is -0.453 e. The lowest BCUT2D eigenvalue weighted by atomic mass is 9.99. The van der Waals surface area contributed by atoms with Crippen LogP contribution in [0.3, 0.4) is 0 Å². The van der Waals surface area contributed by atoms with E-state index in [1.54, 1.807) is 6.20 Å². The summed E-state index contributed by atoms with van der Waals surface area (Å²) in [5.74, 6) is -0.00544. The number of halogens is 1. The Balaban J connectivity index is 3.04. The van der Waals surface area contributed by atoms with E-state index < -0.39 is 6.10 Å². The van der Waals surface area contributed by atoms with Gasteiger partial charge in [-0.1, -0.05) is 19.9 Å². The fraction of sp³-hybridized carbons (Fsp3) is 0.429. The highest BCUT2D eigenvalue weighted by atomic mass is 79.9. The Morgan fingerprint density at radius 2 is 2.32 bits per heavy atom. The third kappa shape index (κ3) is 4.67. The number of esters is 1. The number of unbranched alkanes of at least 4 members (excludes halogenated alkanes) is 1. The molecule has 0 aliphatic heterocycles. The molecule has 1 atom stereocenters. The van der Waals surface area contributed by atoms with Gasteiger partial charge in [-0.15, -0.1) is 0 Å². The monoisotopic (exact) mass is 326 g/mol. The largest absolute Gasteiger partial charge is 0.453 e. The normalized spacial score (nSPS) is 11.9. The second-order valence-corrected chi connectivity index (χ2v) is 5.29. The molecule has 0 aliphatic carbocycles. The number of anilines is 1. The van der Waals surface area contributed by atoms with Crippen molar-refractivity contribution < 1.29 is 9.53 Å². The minimum atomic E-state index is -0.533. The third-order valence-electron chi connectivity index (χ3n) is 2.70. The molecule has 1 aromatic heterocycles. The summed E-state index contributed by atoms with van der Waals surface area (Å²) in [6.07, 6.45) is 3.92. The first-order valence-corrected chi connectivity index (χ1v) is 7.00. The molecule has 0 radical (unpaired) electrons. The summed E-state index contributed by atoms with van der Waals surface area (Å²) in [4.78, 5) is 15.3. The van der Waals surface area contributed by atoms with Crippen LogP contribution in [-0.4, -0.2) is 11.0 Å². The number of nitrogen functional groups attached to an aromatic ring is 1. The van der Waals surface area contributed by atoms with Gasteiger partial charge < -0.3 is 10.5 Å². The summed E-state index contributed by atoms with van der Waals surface area (Å²) < 4.78 is 6.14. The SMILES string of the molecule is C=C(CCCC)C(OC(C)=O)c1cc(Br)cnc1N. The Morgan fingerprint density at radius 3 is 2.89 bits per heavy atom. The van der Waals surface area contributed by atoms with Gasteiger partial charge in [-0.05, 0) is 40.4 Å². The highest BCUT2D eigenvalue weighted by Crippen LogP contribution is 2.32. The zero-order chi connectivity index (χ0) is 14.4. The molecule has 104 valence electrons. The van der Waals surface area contributed by atoms with Crippen LogP contribution >= 0.6 is 15.9 Å².